The van der Waals surface area contributed by atoms with Crippen LogP contribution in [0.15, 0.2) is 24.3 Å². The van der Waals surface area contributed by atoms with Gasteiger partial charge in [0.2, 0.25) is 0 Å². The highest BCUT2D eigenvalue weighted by Gasteiger charge is 2.30. The lowest BCUT2D eigenvalue weighted by molar-refractivity contribution is -0.155. The van der Waals surface area contributed by atoms with Crippen LogP contribution in [0.5, 0.6) is 5.75 Å². The van der Waals surface area contributed by atoms with E-state index in [4.69, 9.17) is 14.6 Å². The van der Waals surface area contributed by atoms with Crippen molar-refractivity contribution in [1.82, 2.24) is 5.32 Å². The third-order valence-electron chi connectivity index (χ3n) is 2.87. The molecule has 0 radical (unpaired) electrons. The van der Waals surface area contributed by atoms with Crippen molar-refractivity contribution in [3.63, 3.8) is 0 Å². The van der Waals surface area contributed by atoms with E-state index in [1.54, 1.807) is 24.3 Å². The maximum atomic E-state index is 12.1. The Morgan fingerprint density at radius 1 is 1.27 bits per heavy atom. The van der Waals surface area contributed by atoms with Crippen molar-refractivity contribution in [2.45, 2.75) is 19.4 Å². The predicted molar refractivity (Wildman–Crippen MR) is 79.0 cm³/mol. The summed E-state index contributed by atoms with van der Waals surface area (Å²) in [7, 11) is 0. The number of para-hydroxylation sites is 1. The molecule has 0 heterocycles. The van der Waals surface area contributed by atoms with Crippen LogP contribution in [0.1, 0.15) is 24.2 Å². The van der Waals surface area contributed by atoms with Crippen LogP contribution in [-0.4, -0.2) is 54.1 Å². The summed E-state index contributed by atoms with van der Waals surface area (Å²) in [5.41, 5.74) is -1.76. The van der Waals surface area contributed by atoms with Gasteiger partial charge in [-0.15, -0.1) is 0 Å². The summed E-state index contributed by atoms with van der Waals surface area (Å²) < 4.78 is 10.6. The third-order valence-corrected chi connectivity index (χ3v) is 2.87. The molecule has 7 heteroatoms. The molecule has 1 rings (SSSR count). The van der Waals surface area contributed by atoms with Gasteiger partial charge < -0.3 is 25.0 Å². The first kappa shape index (κ1) is 17.9. The Hall–Kier alpha value is -2.12. The molecule has 1 aromatic carbocycles. The summed E-state index contributed by atoms with van der Waals surface area (Å²) in [4.78, 5) is 22.9. The number of benzene rings is 1. The standard InChI is InChI=1S/C15H21NO6/c1-3-21-8-9-22-12-7-5-4-6-11(12)13(17)16-10-15(2,20)14(18)19/h4-7,20H,3,8-10H2,1-2H3,(H,16,17)(H,18,19). The molecule has 0 fully saturated rings. The van der Waals surface area contributed by atoms with Gasteiger partial charge in [0.1, 0.15) is 12.4 Å². The van der Waals surface area contributed by atoms with E-state index in [9.17, 15) is 14.7 Å². The predicted octanol–water partition coefficient (Wildman–Crippen LogP) is 0.667. The largest absolute Gasteiger partial charge is 0.490 e. The van der Waals surface area contributed by atoms with Crippen LogP contribution in [0, 0.1) is 0 Å². The van der Waals surface area contributed by atoms with Gasteiger partial charge in [-0.1, -0.05) is 12.1 Å². The number of hydrogen-bond donors (Lipinski definition) is 3. The Morgan fingerprint density at radius 2 is 1.95 bits per heavy atom. The molecule has 0 saturated carbocycles. The molecule has 0 aliphatic carbocycles. The van der Waals surface area contributed by atoms with Crippen LogP contribution in [0.2, 0.25) is 0 Å². The number of rotatable bonds is 9. The fraction of sp³-hybridized carbons (Fsp3) is 0.467. The van der Waals surface area contributed by atoms with E-state index in [2.05, 4.69) is 5.32 Å². The van der Waals surface area contributed by atoms with E-state index in [0.29, 0.717) is 25.6 Å². The van der Waals surface area contributed by atoms with Gasteiger partial charge in [0.25, 0.3) is 5.91 Å². The Balaban J connectivity index is 2.67. The van der Waals surface area contributed by atoms with Crippen LogP contribution < -0.4 is 10.1 Å². The molecule has 1 amide bonds. The molecule has 22 heavy (non-hydrogen) atoms. The first-order chi connectivity index (χ1) is 10.4. The Kier molecular flexibility index (Phi) is 6.81. The zero-order chi connectivity index (χ0) is 16.6. The second-order valence-electron chi connectivity index (χ2n) is 4.80. The lowest BCUT2D eigenvalue weighted by Crippen LogP contribution is -2.46. The maximum absolute atomic E-state index is 12.1. The first-order valence-electron chi connectivity index (χ1n) is 6.92. The molecule has 0 saturated heterocycles. The summed E-state index contributed by atoms with van der Waals surface area (Å²) in [5, 5.41) is 20.8. The molecule has 1 unspecified atom stereocenters. The van der Waals surface area contributed by atoms with Crippen LogP contribution in [0.4, 0.5) is 0 Å². The van der Waals surface area contributed by atoms with Crippen molar-refractivity contribution in [2.24, 2.45) is 0 Å². The van der Waals surface area contributed by atoms with Crippen LogP contribution >= 0.6 is 0 Å². The molecular weight excluding hydrogens is 290 g/mol. The molecule has 1 aromatic rings. The van der Waals surface area contributed by atoms with Crippen molar-refractivity contribution >= 4 is 11.9 Å². The smallest absolute Gasteiger partial charge is 0.337 e. The maximum Gasteiger partial charge on any atom is 0.337 e. The fourth-order valence-corrected chi connectivity index (χ4v) is 1.56. The second-order valence-corrected chi connectivity index (χ2v) is 4.80. The highest BCUT2D eigenvalue weighted by atomic mass is 16.5. The second kappa shape index (κ2) is 8.35. The zero-order valence-electron chi connectivity index (χ0n) is 12.7. The molecule has 0 bridgehead atoms. The highest BCUT2D eigenvalue weighted by molar-refractivity contribution is 5.97. The molecule has 7 nitrogen and oxygen atoms in total. The van der Waals surface area contributed by atoms with E-state index >= 15 is 0 Å². The van der Waals surface area contributed by atoms with Crippen molar-refractivity contribution in [3.05, 3.63) is 29.8 Å². The van der Waals surface area contributed by atoms with Crippen LogP contribution in [0.3, 0.4) is 0 Å². The summed E-state index contributed by atoms with van der Waals surface area (Å²) in [6.07, 6.45) is 0. The van der Waals surface area contributed by atoms with E-state index in [1.165, 1.54) is 0 Å². The normalized spacial score (nSPS) is 13.2. The molecule has 0 aromatic heterocycles. The molecule has 3 N–H and O–H groups in total. The van der Waals surface area contributed by atoms with Gasteiger partial charge in [0.15, 0.2) is 5.60 Å². The van der Waals surface area contributed by atoms with Gasteiger partial charge in [-0.2, -0.15) is 0 Å². The van der Waals surface area contributed by atoms with E-state index in [-0.39, 0.29) is 5.56 Å². The Labute approximate surface area is 128 Å². The van der Waals surface area contributed by atoms with Gasteiger partial charge in [-0.25, -0.2) is 4.79 Å². The summed E-state index contributed by atoms with van der Waals surface area (Å²) >= 11 is 0. The van der Waals surface area contributed by atoms with Crippen molar-refractivity contribution in [2.75, 3.05) is 26.4 Å². The van der Waals surface area contributed by atoms with Crippen LogP contribution in [0.25, 0.3) is 0 Å². The average Bonchev–Trinajstić information content (AvgIpc) is 2.49. The summed E-state index contributed by atoms with van der Waals surface area (Å²) in [6, 6.07) is 6.58. The molecule has 122 valence electrons. The molecule has 0 aliphatic rings. The molecule has 0 aliphatic heterocycles. The number of carbonyl (C=O) groups is 2. The molecule has 0 spiro atoms. The van der Waals surface area contributed by atoms with E-state index in [1.807, 2.05) is 6.92 Å². The molecule has 1 atom stereocenters. The van der Waals surface area contributed by atoms with Gasteiger partial charge >= 0.3 is 5.97 Å². The Morgan fingerprint density at radius 3 is 2.59 bits per heavy atom. The minimum absolute atomic E-state index is 0.264. The SMILES string of the molecule is CCOCCOc1ccccc1C(=O)NCC(C)(O)C(=O)O. The minimum Gasteiger partial charge on any atom is -0.490 e. The topological polar surface area (TPSA) is 105 Å². The number of ether oxygens (including phenoxy) is 2. The van der Waals surface area contributed by atoms with Gasteiger partial charge in [0.05, 0.1) is 18.7 Å². The third kappa shape index (κ3) is 5.34. The van der Waals surface area contributed by atoms with Crippen LogP contribution in [-0.2, 0) is 9.53 Å². The lowest BCUT2D eigenvalue weighted by Gasteiger charge is -2.19. The highest BCUT2D eigenvalue weighted by Crippen LogP contribution is 2.18. The van der Waals surface area contributed by atoms with E-state index < -0.39 is 24.0 Å². The lowest BCUT2D eigenvalue weighted by atomic mass is 10.1. The van der Waals surface area contributed by atoms with Gasteiger partial charge in [0, 0.05) is 6.61 Å². The monoisotopic (exact) mass is 311 g/mol. The summed E-state index contributed by atoms with van der Waals surface area (Å²) in [5.74, 6) is -1.56. The van der Waals surface area contributed by atoms with Crippen molar-refractivity contribution in [1.29, 1.82) is 0 Å². The molecular formula is C15H21NO6. The summed E-state index contributed by atoms with van der Waals surface area (Å²) in [6.45, 7) is 3.85. The number of carboxylic acid groups (broad SMARTS) is 1. The first-order valence-corrected chi connectivity index (χ1v) is 6.92. The number of carbonyl (C=O) groups excluding carboxylic acids is 1. The number of hydrogen-bond acceptors (Lipinski definition) is 5. The zero-order valence-corrected chi connectivity index (χ0v) is 12.7. The van der Waals surface area contributed by atoms with Crippen molar-refractivity contribution < 1.29 is 29.3 Å². The van der Waals surface area contributed by atoms with Gasteiger partial charge in [-0.05, 0) is 26.0 Å². The Bertz CT molecular complexity index is 515. The minimum atomic E-state index is -2.03. The number of aliphatic carboxylic acids is 1. The average molecular weight is 311 g/mol. The number of nitrogens with one attached hydrogen (secondary N) is 1. The van der Waals surface area contributed by atoms with E-state index in [0.717, 1.165) is 6.92 Å². The fourth-order valence-electron chi connectivity index (χ4n) is 1.56. The quantitative estimate of drug-likeness (QED) is 0.579. The van der Waals surface area contributed by atoms with Crippen molar-refractivity contribution in [3.8, 4) is 5.75 Å². The number of carboxylic acids is 1. The number of aliphatic hydroxyl groups is 1. The van der Waals surface area contributed by atoms with Gasteiger partial charge in [-0.3, -0.25) is 4.79 Å². The number of amides is 1.